The van der Waals surface area contributed by atoms with Crippen molar-refractivity contribution in [2.75, 3.05) is 17.7 Å². The lowest BCUT2D eigenvalue weighted by Gasteiger charge is -2.07. The van der Waals surface area contributed by atoms with E-state index in [0.717, 1.165) is 29.6 Å². The van der Waals surface area contributed by atoms with Gasteiger partial charge in [0, 0.05) is 32.6 Å². The number of amides is 2. The van der Waals surface area contributed by atoms with E-state index in [-0.39, 0.29) is 24.7 Å². The van der Waals surface area contributed by atoms with E-state index in [1.54, 1.807) is 21.8 Å². The fraction of sp³-hybridized carbons (Fsp3) is 0.152. The summed E-state index contributed by atoms with van der Waals surface area (Å²) in [7, 11) is 4.67. The first-order valence-corrected chi connectivity index (χ1v) is 14.2. The van der Waals surface area contributed by atoms with E-state index in [0.29, 0.717) is 45.6 Å². The molecule has 6 rings (SSSR count). The molecule has 15 heteroatoms. The number of anilines is 4. The van der Waals surface area contributed by atoms with Crippen LogP contribution in [0.25, 0.3) is 22.3 Å². The molecule has 4 aromatic heterocycles. The number of nitrogens with two attached hydrogens (primary N) is 2. The standard InChI is InChI=1S/2C16H14N6O.CH4O/c2*1-3-12-14-15(18-9-22(14)2)21-16(20-12)19-11-6-4-5-10(7-11)8-13(17)23;1-2/h2*1,4-7,9H,8H2,2H3,(H2,17,23)(H,19,20,21);2H,1H3. The Hall–Kier alpha value is -6.84. The van der Waals surface area contributed by atoms with Crippen LogP contribution in [0.5, 0.6) is 0 Å². The number of nitrogens with one attached hydrogen (secondary N) is 2. The maximum atomic E-state index is 11.0. The monoisotopic (exact) mass is 644 g/mol. The number of hydrogen-bond acceptors (Lipinski definition) is 11. The number of hydrogen-bond donors (Lipinski definition) is 5. The number of rotatable bonds is 8. The third-order valence-corrected chi connectivity index (χ3v) is 6.54. The van der Waals surface area contributed by atoms with Crippen LogP contribution in [0, 0.1) is 24.7 Å². The number of terminal acetylenes is 2. The van der Waals surface area contributed by atoms with E-state index < -0.39 is 0 Å². The number of aryl methyl sites for hydroxylation is 2. The molecule has 15 nitrogen and oxygen atoms in total. The highest BCUT2D eigenvalue weighted by molar-refractivity contribution is 5.80. The number of imidazole rings is 2. The van der Waals surface area contributed by atoms with Crippen LogP contribution >= 0.6 is 0 Å². The predicted molar refractivity (Wildman–Crippen MR) is 182 cm³/mol. The molecular weight excluding hydrogens is 612 g/mol. The Morgan fingerprint density at radius 2 is 1.12 bits per heavy atom. The van der Waals surface area contributed by atoms with E-state index in [1.807, 2.05) is 62.6 Å². The zero-order valence-electron chi connectivity index (χ0n) is 26.3. The van der Waals surface area contributed by atoms with Crippen molar-refractivity contribution in [3.8, 4) is 24.7 Å². The largest absolute Gasteiger partial charge is 0.400 e. The van der Waals surface area contributed by atoms with Gasteiger partial charge in [0.1, 0.15) is 22.4 Å². The number of carbonyl (C=O) groups excluding carboxylic acids is 2. The van der Waals surface area contributed by atoms with Gasteiger partial charge in [0.15, 0.2) is 11.3 Å². The number of nitrogens with zero attached hydrogens (tertiary/aromatic N) is 8. The molecule has 0 spiro atoms. The average molecular weight is 645 g/mol. The first-order valence-electron chi connectivity index (χ1n) is 14.2. The van der Waals surface area contributed by atoms with Crippen molar-refractivity contribution in [1.29, 1.82) is 0 Å². The molecule has 0 unspecified atom stereocenters. The lowest BCUT2D eigenvalue weighted by Crippen LogP contribution is -2.13. The van der Waals surface area contributed by atoms with Crippen molar-refractivity contribution in [3.63, 3.8) is 0 Å². The molecule has 6 aromatic rings. The molecular formula is C33H32N12O3. The summed E-state index contributed by atoms with van der Waals surface area (Å²) in [5, 5.41) is 13.1. The van der Waals surface area contributed by atoms with Crippen LogP contribution in [-0.4, -0.2) is 63.1 Å². The molecule has 242 valence electrons. The van der Waals surface area contributed by atoms with Crippen LogP contribution in [-0.2, 0) is 36.5 Å². The molecule has 4 heterocycles. The van der Waals surface area contributed by atoms with E-state index >= 15 is 0 Å². The Kier molecular flexibility index (Phi) is 10.9. The number of aromatic nitrogens is 8. The number of aliphatic hydroxyl groups is 1. The Bertz CT molecular complexity index is 2040. The van der Waals surface area contributed by atoms with Gasteiger partial charge in [-0.2, -0.15) is 9.97 Å². The van der Waals surface area contributed by atoms with E-state index in [9.17, 15) is 9.59 Å². The molecule has 0 bridgehead atoms. The van der Waals surface area contributed by atoms with Crippen LogP contribution in [0.15, 0.2) is 61.2 Å². The first-order chi connectivity index (χ1) is 23.1. The summed E-state index contributed by atoms with van der Waals surface area (Å²) in [4.78, 5) is 47.8. The zero-order valence-corrected chi connectivity index (χ0v) is 26.3. The Morgan fingerprint density at radius 1 is 0.729 bits per heavy atom. The van der Waals surface area contributed by atoms with Crippen LogP contribution in [0.3, 0.4) is 0 Å². The molecule has 0 aliphatic rings. The van der Waals surface area contributed by atoms with Crippen molar-refractivity contribution in [3.05, 3.63) is 83.7 Å². The molecule has 0 atom stereocenters. The molecule has 0 saturated heterocycles. The van der Waals surface area contributed by atoms with Gasteiger partial charge in [-0.05, 0) is 47.2 Å². The highest BCUT2D eigenvalue weighted by Crippen LogP contribution is 2.21. The van der Waals surface area contributed by atoms with Gasteiger partial charge in [-0.25, -0.2) is 19.9 Å². The Labute approximate surface area is 275 Å². The summed E-state index contributed by atoms with van der Waals surface area (Å²) in [6.45, 7) is 0. The van der Waals surface area contributed by atoms with E-state index in [4.69, 9.17) is 29.4 Å². The molecule has 0 fully saturated rings. The van der Waals surface area contributed by atoms with Crippen molar-refractivity contribution in [1.82, 2.24) is 39.0 Å². The smallest absolute Gasteiger partial charge is 0.230 e. The molecule has 0 saturated carbocycles. The Morgan fingerprint density at radius 3 is 1.48 bits per heavy atom. The lowest BCUT2D eigenvalue weighted by atomic mass is 10.1. The summed E-state index contributed by atoms with van der Waals surface area (Å²) < 4.78 is 3.56. The second-order valence-corrected chi connectivity index (χ2v) is 10.1. The summed E-state index contributed by atoms with van der Waals surface area (Å²) in [5.41, 5.74) is 16.9. The number of primary amides is 2. The van der Waals surface area contributed by atoms with Gasteiger partial charge < -0.3 is 36.3 Å². The van der Waals surface area contributed by atoms with E-state index in [1.165, 1.54) is 0 Å². The fourth-order valence-corrected chi connectivity index (χ4v) is 4.61. The molecule has 7 N–H and O–H groups in total. The summed E-state index contributed by atoms with van der Waals surface area (Å²) in [5.74, 6) is 5.02. The Balaban J connectivity index is 0.000000206. The highest BCUT2D eigenvalue weighted by Gasteiger charge is 2.12. The van der Waals surface area contributed by atoms with Crippen LogP contribution in [0.4, 0.5) is 23.3 Å². The number of fused-ring (bicyclic) bond motifs is 2. The molecule has 0 radical (unpaired) electrons. The van der Waals surface area contributed by atoms with Gasteiger partial charge in [-0.15, -0.1) is 12.8 Å². The average Bonchev–Trinajstić information content (AvgIpc) is 3.63. The van der Waals surface area contributed by atoms with Crippen LogP contribution < -0.4 is 22.1 Å². The molecule has 48 heavy (non-hydrogen) atoms. The third-order valence-electron chi connectivity index (χ3n) is 6.54. The normalized spacial score (nSPS) is 10.1. The van der Waals surface area contributed by atoms with Gasteiger partial charge in [-0.3, -0.25) is 9.59 Å². The molecule has 0 aliphatic carbocycles. The summed E-state index contributed by atoms with van der Waals surface area (Å²) >= 11 is 0. The molecule has 0 aliphatic heterocycles. The van der Waals surface area contributed by atoms with Crippen molar-refractivity contribution >= 4 is 57.4 Å². The van der Waals surface area contributed by atoms with E-state index in [2.05, 4.69) is 52.4 Å². The van der Waals surface area contributed by atoms with Gasteiger partial charge in [0.05, 0.1) is 25.5 Å². The summed E-state index contributed by atoms with van der Waals surface area (Å²) in [6.07, 6.45) is 14.7. The SMILES string of the molecule is C#Cc1nc(Nc2cccc(CC(N)=O)c2)nc2ncn(C)c12.C#Cc1nc(Nc2cccc(CC(N)=O)c2)nc2ncn(C)c12.CO. The third kappa shape index (κ3) is 8.25. The lowest BCUT2D eigenvalue weighted by molar-refractivity contribution is -0.118. The predicted octanol–water partition coefficient (Wildman–Crippen LogP) is 1.84. The number of aliphatic hydroxyl groups excluding tert-OH is 1. The fourth-order valence-electron chi connectivity index (χ4n) is 4.61. The molecule has 2 amide bonds. The summed E-state index contributed by atoms with van der Waals surface area (Å²) in [6, 6.07) is 14.6. The van der Waals surface area contributed by atoms with Gasteiger partial charge in [0.25, 0.3) is 0 Å². The zero-order chi connectivity index (χ0) is 34.8. The van der Waals surface area contributed by atoms with Crippen LogP contribution in [0.1, 0.15) is 22.5 Å². The van der Waals surface area contributed by atoms with Crippen molar-refractivity contribution in [2.45, 2.75) is 12.8 Å². The van der Waals surface area contributed by atoms with Gasteiger partial charge in [-0.1, -0.05) is 24.3 Å². The van der Waals surface area contributed by atoms with Crippen LogP contribution in [0.2, 0.25) is 0 Å². The highest BCUT2D eigenvalue weighted by atomic mass is 16.2. The second-order valence-electron chi connectivity index (χ2n) is 10.1. The minimum atomic E-state index is -0.386. The maximum Gasteiger partial charge on any atom is 0.230 e. The second kappa shape index (κ2) is 15.4. The van der Waals surface area contributed by atoms with Crippen molar-refractivity contribution < 1.29 is 14.7 Å². The number of benzene rings is 2. The minimum absolute atomic E-state index is 0.172. The molecule has 2 aromatic carbocycles. The number of carbonyl (C=O) groups is 2. The maximum absolute atomic E-state index is 11.0. The minimum Gasteiger partial charge on any atom is -0.400 e. The quantitative estimate of drug-likeness (QED) is 0.151. The van der Waals surface area contributed by atoms with Gasteiger partial charge >= 0.3 is 0 Å². The topological polar surface area (TPSA) is 218 Å². The van der Waals surface area contributed by atoms with Gasteiger partial charge in [0.2, 0.25) is 23.7 Å². The first kappa shape index (κ1) is 34.0. The van der Waals surface area contributed by atoms with Crippen molar-refractivity contribution in [2.24, 2.45) is 25.6 Å².